The molecule has 0 saturated heterocycles. The van der Waals surface area contributed by atoms with Crippen molar-refractivity contribution in [3.05, 3.63) is 51.0 Å². The van der Waals surface area contributed by atoms with Crippen LogP contribution in [0.25, 0.3) is 10.9 Å². The highest BCUT2D eigenvalue weighted by molar-refractivity contribution is 7.16. The number of anilines is 1. The molecule has 0 atom stereocenters. The Hall–Kier alpha value is -2.78. The molecule has 3 aromatic rings. The Bertz CT molecular complexity index is 1050. The summed E-state index contributed by atoms with van der Waals surface area (Å²) in [5, 5.41) is 10.9. The first kappa shape index (κ1) is 15.7. The van der Waals surface area contributed by atoms with Gasteiger partial charge in [-0.25, -0.2) is 0 Å². The van der Waals surface area contributed by atoms with Gasteiger partial charge in [-0.3, -0.25) is 4.79 Å². The van der Waals surface area contributed by atoms with E-state index in [0.717, 1.165) is 27.0 Å². The van der Waals surface area contributed by atoms with Crippen LogP contribution in [0.4, 0.5) is 5.00 Å². The van der Waals surface area contributed by atoms with Crippen LogP contribution in [0.3, 0.4) is 0 Å². The maximum atomic E-state index is 13.0. The number of carbonyl (C=O) groups is 1. The van der Waals surface area contributed by atoms with Crippen molar-refractivity contribution in [3.63, 3.8) is 0 Å². The SMILES string of the molecule is Cc1[nH]c2ccc(C(=O)N3CCc4c(sc(N)c4C#N)C3)cc2c1C. The Morgan fingerprint density at radius 3 is 2.96 bits per heavy atom. The highest BCUT2D eigenvalue weighted by Crippen LogP contribution is 2.35. The number of nitrogen functional groups attached to an aromatic ring is 1. The fraction of sp³-hybridized carbons (Fsp3) is 0.263. The average Bonchev–Trinajstić information content (AvgIpc) is 3.08. The number of aryl methyl sites for hydroxylation is 2. The zero-order valence-electron chi connectivity index (χ0n) is 14.1. The lowest BCUT2D eigenvalue weighted by Crippen LogP contribution is -2.35. The summed E-state index contributed by atoms with van der Waals surface area (Å²) in [4.78, 5) is 19.2. The zero-order valence-corrected chi connectivity index (χ0v) is 15.0. The van der Waals surface area contributed by atoms with E-state index in [1.165, 1.54) is 16.9 Å². The molecule has 0 fully saturated rings. The third-order valence-electron chi connectivity index (χ3n) is 5.04. The molecule has 25 heavy (non-hydrogen) atoms. The molecule has 0 spiro atoms. The second-order valence-corrected chi connectivity index (χ2v) is 7.60. The van der Waals surface area contributed by atoms with Crippen molar-refractivity contribution in [3.8, 4) is 6.07 Å². The van der Waals surface area contributed by atoms with Crippen molar-refractivity contribution in [2.24, 2.45) is 0 Å². The minimum absolute atomic E-state index is 0.0243. The van der Waals surface area contributed by atoms with Crippen molar-refractivity contribution in [2.45, 2.75) is 26.8 Å². The first-order valence-corrected chi connectivity index (χ1v) is 8.99. The van der Waals surface area contributed by atoms with Crippen LogP contribution in [0.15, 0.2) is 18.2 Å². The molecule has 0 radical (unpaired) electrons. The standard InChI is InChI=1S/C19H18N4OS/c1-10-11(2)22-16-4-3-12(7-14(10)16)19(24)23-6-5-13-15(8-20)18(21)25-17(13)9-23/h3-4,7,22H,5-6,9,21H2,1-2H3. The van der Waals surface area contributed by atoms with Gasteiger partial charge in [-0.15, -0.1) is 11.3 Å². The first-order valence-electron chi connectivity index (χ1n) is 8.18. The third-order valence-corrected chi connectivity index (χ3v) is 6.08. The lowest BCUT2D eigenvalue weighted by molar-refractivity contribution is 0.0737. The molecule has 0 aliphatic carbocycles. The Kier molecular flexibility index (Phi) is 3.55. The van der Waals surface area contributed by atoms with Gasteiger partial charge < -0.3 is 15.6 Å². The number of hydrogen-bond donors (Lipinski definition) is 2. The molecule has 2 aromatic heterocycles. The van der Waals surface area contributed by atoms with Crippen molar-refractivity contribution in [2.75, 3.05) is 12.3 Å². The number of nitrogens with zero attached hydrogens (tertiary/aromatic N) is 2. The quantitative estimate of drug-likeness (QED) is 0.704. The van der Waals surface area contributed by atoms with E-state index in [4.69, 9.17) is 5.73 Å². The molecule has 1 amide bonds. The molecule has 126 valence electrons. The van der Waals surface area contributed by atoms with Gasteiger partial charge in [0, 0.05) is 33.6 Å². The number of fused-ring (bicyclic) bond motifs is 2. The monoisotopic (exact) mass is 350 g/mol. The Balaban J connectivity index is 1.65. The van der Waals surface area contributed by atoms with Crippen LogP contribution in [-0.4, -0.2) is 22.3 Å². The van der Waals surface area contributed by atoms with Crippen molar-refractivity contribution in [1.82, 2.24) is 9.88 Å². The molecule has 5 nitrogen and oxygen atoms in total. The fourth-order valence-corrected chi connectivity index (χ4v) is 4.58. The summed E-state index contributed by atoms with van der Waals surface area (Å²) in [5.74, 6) is 0.0243. The van der Waals surface area contributed by atoms with Gasteiger partial charge in [0.2, 0.25) is 0 Å². The van der Waals surface area contributed by atoms with Crippen molar-refractivity contribution >= 4 is 33.1 Å². The number of hydrogen-bond acceptors (Lipinski definition) is 4. The van der Waals surface area contributed by atoms with Crippen LogP contribution in [0, 0.1) is 25.2 Å². The minimum Gasteiger partial charge on any atom is -0.389 e. The van der Waals surface area contributed by atoms with Crippen LogP contribution in [0.1, 0.15) is 37.6 Å². The van der Waals surface area contributed by atoms with E-state index in [1.807, 2.05) is 30.0 Å². The second kappa shape index (κ2) is 5.64. The molecule has 6 heteroatoms. The lowest BCUT2D eigenvalue weighted by atomic mass is 10.0. The normalized spacial score (nSPS) is 13.7. The van der Waals surface area contributed by atoms with Gasteiger partial charge in [-0.1, -0.05) is 0 Å². The smallest absolute Gasteiger partial charge is 0.254 e. The summed E-state index contributed by atoms with van der Waals surface area (Å²) in [6.45, 7) is 5.23. The fourth-order valence-electron chi connectivity index (χ4n) is 3.50. The molecule has 3 N–H and O–H groups in total. The molecule has 1 aromatic carbocycles. The molecular formula is C19H18N4OS. The highest BCUT2D eigenvalue weighted by Gasteiger charge is 2.27. The minimum atomic E-state index is 0.0243. The molecule has 0 saturated carbocycles. The van der Waals surface area contributed by atoms with Gasteiger partial charge in [0.1, 0.15) is 11.1 Å². The van der Waals surface area contributed by atoms with E-state index in [9.17, 15) is 10.1 Å². The molecule has 1 aliphatic rings. The van der Waals surface area contributed by atoms with Gasteiger partial charge in [0.15, 0.2) is 0 Å². The maximum Gasteiger partial charge on any atom is 0.254 e. The van der Waals surface area contributed by atoms with Gasteiger partial charge in [0.25, 0.3) is 5.91 Å². The van der Waals surface area contributed by atoms with Crippen LogP contribution >= 0.6 is 11.3 Å². The molecule has 0 bridgehead atoms. The number of nitriles is 1. The van der Waals surface area contributed by atoms with Crippen LogP contribution in [-0.2, 0) is 13.0 Å². The number of rotatable bonds is 1. The van der Waals surface area contributed by atoms with E-state index < -0.39 is 0 Å². The maximum absolute atomic E-state index is 13.0. The summed E-state index contributed by atoms with van der Waals surface area (Å²) in [6, 6.07) is 8.00. The Morgan fingerprint density at radius 2 is 2.20 bits per heavy atom. The van der Waals surface area contributed by atoms with Gasteiger partial charge >= 0.3 is 0 Å². The number of nitrogens with two attached hydrogens (primary N) is 1. The molecular weight excluding hydrogens is 332 g/mol. The molecule has 1 aliphatic heterocycles. The number of aromatic amines is 1. The molecule has 3 heterocycles. The second-order valence-electron chi connectivity index (χ2n) is 6.47. The summed E-state index contributed by atoms with van der Waals surface area (Å²) >= 11 is 1.42. The molecule has 4 rings (SSSR count). The predicted molar refractivity (Wildman–Crippen MR) is 99.7 cm³/mol. The molecule has 0 unspecified atom stereocenters. The van der Waals surface area contributed by atoms with Crippen molar-refractivity contribution < 1.29 is 4.79 Å². The predicted octanol–water partition coefficient (Wildman–Crippen LogP) is 3.50. The largest absolute Gasteiger partial charge is 0.389 e. The zero-order chi connectivity index (χ0) is 17.7. The summed E-state index contributed by atoms with van der Waals surface area (Å²) in [7, 11) is 0. The number of benzene rings is 1. The van der Waals surface area contributed by atoms with Crippen LogP contribution < -0.4 is 5.73 Å². The highest BCUT2D eigenvalue weighted by atomic mass is 32.1. The first-order chi connectivity index (χ1) is 12.0. The summed E-state index contributed by atoms with van der Waals surface area (Å²) in [6.07, 6.45) is 0.683. The van der Waals surface area contributed by atoms with Crippen LogP contribution in [0.2, 0.25) is 0 Å². The van der Waals surface area contributed by atoms with Crippen molar-refractivity contribution in [1.29, 1.82) is 5.26 Å². The van der Waals surface area contributed by atoms with E-state index in [1.54, 1.807) is 0 Å². The van der Waals surface area contributed by atoms with Gasteiger partial charge in [-0.05, 0) is 49.6 Å². The number of nitrogens with one attached hydrogen (secondary N) is 1. The lowest BCUT2D eigenvalue weighted by Gasteiger charge is -2.27. The van der Waals surface area contributed by atoms with E-state index in [-0.39, 0.29) is 5.91 Å². The van der Waals surface area contributed by atoms with Gasteiger partial charge in [-0.2, -0.15) is 5.26 Å². The third kappa shape index (κ3) is 2.39. The number of amides is 1. The van der Waals surface area contributed by atoms with E-state index in [0.29, 0.717) is 35.6 Å². The topological polar surface area (TPSA) is 85.9 Å². The number of carbonyl (C=O) groups excluding carboxylic acids is 1. The number of aromatic nitrogens is 1. The number of thiophene rings is 1. The van der Waals surface area contributed by atoms with E-state index in [2.05, 4.69) is 18.0 Å². The Morgan fingerprint density at radius 1 is 1.40 bits per heavy atom. The average molecular weight is 350 g/mol. The van der Waals surface area contributed by atoms with E-state index >= 15 is 0 Å². The van der Waals surface area contributed by atoms with Gasteiger partial charge in [0.05, 0.1) is 12.1 Å². The Labute approximate surface area is 149 Å². The summed E-state index contributed by atoms with van der Waals surface area (Å²) in [5.41, 5.74) is 11.6. The number of H-pyrrole nitrogens is 1. The summed E-state index contributed by atoms with van der Waals surface area (Å²) < 4.78 is 0. The van der Waals surface area contributed by atoms with Crippen LogP contribution in [0.5, 0.6) is 0 Å².